The molecule has 0 atom stereocenters. The number of rotatable bonds is 4. The van der Waals surface area contributed by atoms with Crippen molar-refractivity contribution in [1.82, 2.24) is 0 Å². The van der Waals surface area contributed by atoms with Gasteiger partial charge in [0.2, 0.25) is 0 Å². The average molecular weight is 628 g/mol. The summed E-state index contributed by atoms with van der Waals surface area (Å²) in [5.41, 5.74) is 12.7. The van der Waals surface area contributed by atoms with E-state index in [1.165, 1.54) is 54.9 Å². The fraction of sp³-hybridized carbons (Fsp3) is 0.0638. The van der Waals surface area contributed by atoms with Crippen molar-refractivity contribution in [3.05, 3.63) is 175 Å². The molecule has 0 N–H and O–H groups in total. The fourth-order valence-electron chi connectivity index (χ4n) is 8.25. The molecule has 0 amide bonds. The number of benzene rings is 8. The first-order chi connectivity index (χ1) is 24.1. The smallest absolute Gasteiger partial charge is 0.159 e. The quantitative estimate of drug-likeness (QED) is 0.181. The molecule has 9 aromatic rings. The minimum absolute atomic E-state index is 0.111. The third kappa shape index (κ3) is 4.14. The molecule has 1 aliphatic rings. The number of fused-ring (bicyclic) bond motifs is 9. The van der Waals surface area contributed by atoms with E-state index in [1.807, 2.05) is 6.07 Å². The summed E-state index contributed by atoms with van der Waals surface area (Å²) in [5.74, 6) is 0. The molecule has 1 aromatic heterocycles. The van der Waals surface area contributed by atoms with Crippen LogP contribution in [-0.4, -0.2) is 0 Å². The Morgan fingerprint density at radius 1 is 0.449 bits per heavy atom. The molecule has 1 aliphatic carbocycles. The maximum absolute atomic E-state index is 6.63. The number of furan rings is 1. The Bertz CT molecular complexity index is 2750. The first kappa shape index (κ1) is 27.9. The Morgan fingerprint density at radius 2 is 1.10 bits per heavy atom. The lowest BCUT2D eigenvalue weighted by Gasteiger charge is -2.28. The Kier molecular flexibility index (Phi) is 5.95. The van der Waals surface area contributed by atoms with Crippen LogP contribution in [0.15, 0.2) is 168 Å². The molecule has 2 heteroatoms. The predicted molar refractivity (Wildman–Crippen MR) is 206 cm³/mol. The van der Waals surface area contributed by atoms with Gasteiger partial charge in [-0.1, -0.05) is 135 Å². The zero-order valence-electron chi connectivity index (χ0n) is 27.4. The number of nitrogens with zero attached hydrogens (tertiary/aromatic N) is 1. The lowest BCUT2D eigenvalue weighted by molar-refractivity contribution is 0.660. The normalized spacial score (nSPS) is 13.3. The summed E-state index contributed by atoms with van der Waals surface area (Å²) in [6.07, 6.45) is 0. The van der Waals surface area contributed by atoms with Crippen molar-refractivity contribution in [3.8, 4) is 22.3 Å². The second-order valence-corrected chi connectivity index (χ2v) is 13.7. The van der Waals surface area contributed by atoms with Crippen LogP contribution in [0.3, 0.4) is 0 Å². The molecule has 0 unspecified atom stereocenters. The molecule has 1 heterocycles. The molecular weight excluding hydrogens is 595 g/mol. The molecule has 0 saturated heterocycles. The molecule has 0 saturated carbocycles. The molecule has 10 rings (SSSR count). The second-order valence-electron chi connectivity index (χ2n) is 13.7. The molecule has 0 spiro atoms. The molecule has 0 radical (unpaired) electrons. The third-order valence-electron chi connectivity index (χ3n) is 10.7. The first-order valence-electron chi connectivity index (χ1n) is 17.0. The molecule has 0 bridgehead atoms. The minimum atomic E-state index is -0.111. The van der Waals surface area contributed by atoms with E-state index in [0.29, 0.717) is 0 Å². The number of para-hydroxylation sites is 2. The zero-order valence-corrected chi connectivity index (χ0v) is 27.4. The van der Waals surface area contributed by atoms with Gasteiger partial charge in [-0.25, -0.2) is 0 Å². The van der Waals surface area contributed by atoms with Gasteiger partial charge in [-0.2, -0.15) is 0 Å². The van der Waals surface area contributed by atoms with E-state index in [9.17, 15) is 0 Å². The standard InChI is InChI=1S/C47H33NO/c1-47(2)42-19-9-7-16-37(42)38-27-26-33(29-43(38)47)48(44-20-11-18-40-39-17-8-10-21-45(39)49-46(40)44)32-24-22-30(23-25-32)41-28-31-12-3-4-13-34(31)35-14-5-6-15-36(35)41/h3-29H,1-2H3. The SMILES string of the molecule is CC1(C)c2ccccc2-c2ccc(N(c3ccc(-c4cc5ccccc5c5ccccc45)cc3)c3cccc4c3oc3ccccc34)cc21. The van der Waals surface area contributed by atoms with Gasteiger partial charge in [0.05, 0.1) is 5.69 Å². The number of hydrogen-bond acceptors (Lipinski definition) is 2. The van der Waals surface area contributed by atoms with E-state index in [1.54, 1.807) is 0 Å². The summed E-state index contributed by atoms with van der Waals surface area (Å²) in [7, 11) is 0. The van der Waals surface area contributed by atoms with Crippen LogP contribution >= 0.6 is 0 Å². The van der Waals surface area contributed by atoms with Crippen molar-refractivity contribution < 1.29 is 4.42 Å². The maximum Gasteiger partial charge on any atom is 0.159 e. The lowest BCUT2D eigenvalue weighted by Crippen LogP contribution is -2.16. The summed E-state index contributed by atoms with van der Waals surface area (Å²) in [6, 6.07) is 59.4. The van der Waals surface area contributed by atoms with Crippen molar-refractivity contribution in [2.24, 2.45) is 0 Å². The predicted octanol–water partition coefficient (Wildman–Crippen LogP) is 13.3. The largest absolute Gasteiger partial charge is 0.454 e. The number of hydrogen-bond donors (Lipinski definition) is 0. The Balaban J connectivity index is 1.18. The average Bonchev–Trinajstić information content (AvgIpc) is 3.64. The van der Waals surface area contributed by atoms with Gasteiger partial charge >= 0.3 is 0 Å². The van der Waals surface area contributed by atoms with Gasteiger partial charge in [0.1, 0.15) is 5.58 Å². The summed E-state index contributed by atoms with van der Waals surface area (Å²) >= 11 is 0. The Hall–Kier alpha value is -6.12. The van der Waals surface area contributed by atoms with E-state index in [4.69, 9.17) is 4.42 Å². The number of anilines is 3. The summed E-state index contributed by atoms with van der Waals surface area (Å²) in [4.78, 5) is 2.37. The van der Waals surface area contributed by atoms with Crippen LogP contribution in [0.25, 0.3) is 65.7 Å². The van der Waals surface area contributed by atoms with Crippen LogP contribution in [0.4, 0.5) is 17.1 Å². The van der Waals surface area contributed by atoms with E-state index < -0.39 is 0 Å². The van der Waals surface area contributed by atoms with Crippen molar-refractivity contribution in [1.29, 1.82) is 0 Å². The Morgan fingerprint density at radius 3 is 1.96 bits per heavy atom. The fourth-order valence-corrected chi connectivity index (χ4v) is 8.25. The third-order valence-corrected chi connectivity index (χ3v) is 10.7. The van der Waals surface area contributed by atoms with Crippen LogP contribution < -0.4 is 4.90 Å². The van der Waals surface area contributed by atoms with E-state index in [-0.39, 0.29) is 5.41 Å². The van der Waals surface area contributed by atoms with Gasteiger partial charge < -0.3 is 9.32 Å². The summed E-state index contributed by atoms with van der Waals surface area (Å²) in [5, 5.41) is 7.32. The molecule has 0 aliphatic heterocycles. The van der Waals surface area contributed by atoms with Crippen molar-refractivity contribution in [2.75, 3.05) is 4.90 Å². The highest BCUT2D eigenvalue weighted by molar-refractivity contribution is 6.14. The molecular formula is C47H33NO. The second kappa shape index (κ2) is 10.4. The first-order valence-corrected chi connectivity index (χ1v) is 17.0. The monoisotopic (exact) mass is 627 g/mol. The highest BCUT2D eigenvalue weighted by atomic mass is 16.3. The summed E-state index contributed by atoms with van der Waals surface area (Å²) in [6.45, 7) is 4.68. The van der Waals surface area contributed by atoms with Crippen molar-refractivity contribution in [2.45, 2.75) is 19.3 Å². The van der Waals surface area contributed by atoms with E-state index in [0.717, 1.165) is 39.0 Å². The molecule has 0 fully saturated rings. The van der Waals surface area contributed by atoms with Gasteiger partial charge in [-0.05, 0) is 97.4 Å². The van der Waals surface area contributed by atoms with Gasteiger partial charge in [-0.15, -0.1) is 0 Å². The van der Waals surface area contributed by atoms with Gasteiger partial charge in [-0.3, -0.25) is 0 Å². The molecule has 49 heavy (non-hydrogen) atoms. The van der Waals surface area contributed by atoms with Gasteiger partial charge in [0.25, 0.3) is 0 Å². The Labute approximate surface area is 285 Å². The van der Waals surface area contributed by atoms with Crippen LogP contribution in [0, 0.1) is 0 Å². The molecule has 2 nitrogen and oxygen atoms in total. The lowest BCUT2D eigenvalue weighted by atomic mass is 9.82. The van der Waals surface area contributed by atoms with Gasteiger partial charge in [0.15, 0.2) is 5.58 Å². The highest BCUT2D eigenvalue weighted by Gasteiger charge is 2.36. The van der Waals surface area contributed by atoms with E-state index in [2.05, 4.69) is 176 Å². The minimum Gasteiger partial charge on any atom is -0.454 e. The zero-order chi connectivity index (χ0) is 32.7. The van der Waals surface area contributed by atoms with Crippen LogP contribution in [0.2, 0.25) is 0 Å². The highest BCUT2D eigenvalue weighted by Crippen LogP contribution is 2.51. The molecule has 232 valence electrons. The topological polar surface area (TPSA) is 16.4 Å². The van der Waals surface area contributed by atoms with E-state index >= 15 is 0 Å². The van der Waals surface area contributed by atoms with Gasteiger partial charge in [0, 0.05) is 27.6 Å². The van der Waals surface area contributed by atoms with Crippen LogP contribution in [0.5, 0.6) is 0 Å². The molecule has 8 aromatic carbocycles. The van der Waals surface area contributed by atoms with Crippen molar-refractivity contribution >= 4 is 60.5 Å². The van der Waals surface area contributed by atoms with Crippen LogP contribution in [-0.2, 0) is 5.41 Å². The maximum atomic E-state index is 6.63. The van der Waals surface area contributed by atoms with Crippen molar-refractivity contribution in [3.63, 3.8) is 0 Å². The van der Waals surface area contributed by atoms with Crippen LogP contribution in [0.1, 0.15) is 25.0 Å². The summed E-state index contributed by atoms with van der Waals surface area (Å²) < 4.78 is 6.63.